The zero-order valence-corrected chi connectivity index (χ0v) is 9.09. The zero-order valence-electron chi connectivity index (χ0n) is 7.50. The number of halogens is 1. The predicted octanol–water partition coefficient (Wildman–Crippen LogP) is 2.56. The lowest BCUT2D eigenvalue weighted by atomic mass is 10.1. The van der Waals surface area contributed by atoms with Crippen molar-refractivity contribution in [2.45, 2.75) is 19.4 Å². The van der Waals surface area contributed by atoms with Gasteiger partial charge in [-0.25, -0.2) is 4.98 Å². The molecule has 1 rings (SSSR count). The summed E-state index contributed by atoms with van der Waals surface area (Å²) in [7, 11) is 0. The fourth-order valence-electron chi connectivity index (χ4n) is 0.798. The van der Waals surface area contributed by atoms with Gasteiger partial charge in [-0.2, -0.15) is 5.26 Å². The normalized spacial score (nSPS) is 10.6. The van der Waals surface area contributed by atoms with Gasteiger partial charge in [-0.05, 0) is 41.9 Å². The Hall–Kier alpha value is -1.08. The summed E-state index contributed by atoms with van der Waals surface area (Å²) in [6.45, 7) is 3.60. The molecule has 0 bridgehead atoms. The number of pyridine rings is 1. The first-order valence-corrected chi connectivity index (χ1v) is 4.64. The van der Waals surface area contributed by atoms with E-state index in [1.54, 1.807) is 20.0 Å². The summed E-state index contributed by atoms with van der Waals surface area (Å²) in [5.41, 5.74) is -0.583. The highest BCUT2D eigenvalue weighted by atomic mass is 79.9. The minimum atomic E-state index is -0.583. The second kappa shape index (κ2) is 3.75. The molecule has 0 unspecified atom stereocenters. The topological polar surface area (TPSA) is 48.7 Å². The Morgan fingerprint density at radius 1 is 1.54 bits per heavy atom. The molecule has 3 nitrogen and oxygen atoms in total. The lowest BCUT2D eigenvalue weighted by Gasteiger charge is -2.17. The standard InChI is InChI=1S/C9H10BrN3/c1-9(2,6-11)13-8-4-3-7(10)5-12-8/h3-5H,1-2H3,(H,12,13). The molecular weight excluding hydrogens is 230 g/mol. The highest BCUT2D eigenvalue weighted by molar-refractivity contribution is 9.10. The van der Waals surface area contributed by atoms with E-state index in [-0.39, 0.29) is 0 Å². The minimum Gasteiger partial charge on any atom is -0.353 e. The van der Waals surface area contributed by atoms with Crippen LogP contribution in [0.3, 0.4) is 0 Å². The van der Waals surface area contributed by atoms with E-state index in [9.17, 15) is 0 Å². The lowest BCUT2D eigenvalue weighted by molar-refractivity contribution is 0.723. The smallest absolute Gasteiger partial charge is 0.127 e. The van der Waals surface area contributed by atoms with Crippen LogP contribution in [0, 0.1) is 11.3 Å². The lowest BCUT2D eigenvalue weighted by Crippen LogP contribution is -2.28. The fraction of sp³-hybridized carbons (Fsp3) is 0.333. The summed E-state index contributed by atoms with van der Waals surface area (Å²) in [4.78, 5) is 4.10. The van der Waals surface area contributed by atoms with Crippen LogP contribution >= 0.6 is 15.9 Å². The molecule has 0 aliphatic heterocycles. The van der Waals surface area contributed by atoms with Gasteiger partial charge in [0.2, 0.25) is 0 Å². The van der Waals surface area contributed by atoms with Crippen molar-refractivity contribution in [2.75, 3.05) is 5.32 Å². The summed E-state index contributed by atoms with van der Waals surface area (Å²) < 4.78 is 0.924. The molecule has 1 heterocycles. The van der Waals surface area contributed by atoms with E-state index in [0.717, 1.165) is 4.47 Å². The van der Waals surface area contributed by atoms with Gasteiger partial charge in [-0.3, -0.25) is 0 Å². The number of rotatable bonds is 2. The number of nitrogens with one attached hydrogen (secondary N) is 1. The van der Waals surface area contributed by atoms with Crippen molar-refractivity contribution >= 4 is 21.7 Å². The molecule has 1 aromatic rings. The molecular formula is C9H10BrN3. The number of hydrogen-bond acceptors (Lipinski definition) is 3. The van der Waals surface area contributed by atoms with Gasteiger partial charge in [0.15, 0.2) is 0 Å². The highest BCUT2D eigenvalue weighted by Crippen LogP contribution is 2.14. The zero-order chi connectivity index (χ0) is 9.90. The number of aromatic nitrogens is 1. The Bertz CT molecular complexity index is 324. The van der Waals surface area contributed by atoms with Gasteiger partial charge in [0, 0.05) is 10.7 Å². The van der Waals surface area contributed by atoms with E-state index in [2.05, 4.69) is 32.3 Å². The molecule has 0 amide bonds. The first-order chi connectivity index (χ1) is 6.03. The van der Waals surface area contributed by atoms with Crippen LogP contribution < -0.4 is 5.32 Å². The third-order valence-electron chi connectivity index (χ3n) is 1.45. The Kier molecular flexibility index (Phi) is 2.89. The van der Waals surface area contributed by atoms with Crippen molar-refractivity contribution in [3.8, 4) is 6.07 Å². The Morgan fingerprint density at radius 2 is 2.23 bits per heavy atom. The maximum absolute atomic E-state index is 8.76. The van der Waals surface area contributed by atoms with Crippen LogP contribution in [0.4, 0.5) is 5.82 Å². The quantitative estimate of drug-likeness (QED) is 0.864. The highest BCUT2D eigenvalue weighted by Gasteiger charge is 2.15. The largest absolute Gasteiger partial charge is 0.353 e. The monoisotopic (exact) mass is 239 g/mol. The SMILES string of the molecule is CC(C)(C#N)Nc1ccc(Br)cn1. The van der Waals surface area contributed by atoms with Crippen molar-refractivity contribution < 1.29 is 0 Å². The van der Waals surface area contributed by atoms with Gasteiger partial charge in [-0.1, -0.05) is 0 Å². The minimum absolute atomic E-state index is 0.583. The van der Waals surface area contributed by atoms with E-state index < -0.39 is 5.54 Å². The van der Waals surface area contributed by atoms with Crippen LogP contribution in [0.1, 0.15) is 13.8 Å². The van der Waals surface area contributed by atoms with Gasteiger partial charge in [-0.15, -0.1) is 0 Å². The average molecular weight is 240 g/mol. The summed E-state index contributed by atoms with van der Waals surface area (Å²) in [6.07, 6.45) is 1.69. The van der Waals surface area contributed by atoms with Crippen LogP contribution in [0.25, 0.3) is 0 Å². The van der Waals surface area contributed by atoms with Gasteiger partial charge in [0.1, 0.15) is 11.4 Å². The van der Waals surface area contributed by atoms with E-state index in [0.29, 0.717) is 5.82 Å². The third kappa shape index (κ3) is 3.03. The summed E-state index contributed by atoms with van der Waals surface area (Å²) in [5, 5.41) is 11.8. The van der Waals surface area contributed by atoms with Crippen LogP contribution in [-0.4, -0.2) is 10.5 Å². The van der Waals surface area contributed by atoms with E-state index >= 15 is 0 Å². The van der Waals surface area contributed by atoms with Crippen LogP contribution in [0.5, 0.6) is 0 Å². The van der Waals surface area contributed by atoms with E-state index in [1.165, 1.54) is 0 Å². The molecule has 1 N–H and O–H groups in total. The Morgan fingerprint density at radius 3 is 2.69 bits per heavy atom. The third-order valence-corrected chi connectivity index (χ3v) is 1.92. The van der Waals surface area contributed by atoms with Crippen molar-refractivity contribution in [3.05, 3.63) is 22.8 Å². The average Bonchev–Trinajstić information content (AvgIpc) is 2.09. The van der Waals surface area contributed by atoms with Crippen LogP contribution in [0.2, 0.25) is 0 Å². The molecule has 0 aliphatic rings. The fourth-order valence-corrected chi connectivity index (χ4v) is 1.03. The van der Waals surface area contributed by atoms with Crippen molar-refractivity contribution in [3.63, 3.8) is 0 Å². The van der Waals surface area contributed by atoms with Crippen LogP contribution in [-0.2, 0) is 0 Å². The van der Waals surface area contributed by atoms with E-state index in [4.69, 9.17) is 5.26 Å². The number of nitriles is 1. The molecule has 0 fully saturated rings. The summed E-state index contributed by atoms with van der Waals surface area (Å²) in [6, 6.07) is 5.84. The summed E-state index contributed by atoms with van der Waals surface area (Å²) >= 11 is 3.29. The van der Waals surface area contributed by atoms with Gasteiger partial charge < -0.3 is 5.32 Å². The molecule has 1 aromatic heterocycles. The second-order valence-electron chi connectivity index (χ2n) is 3.22. The summed E-state index contributed by atoms with van der Waals surface area (Å²) in [5.74, 6) is 0.703. The maximum atomic E-state index is 8.76. The number of anilines is 1. The molecule has 0 aliphatic carbocycles. The Labute approximate surface area is 85.9 Å². The second-order valence-corrected chi connectivity index (χ2v) is 4.14. The molecule has 13 heavy (non-hydrogen) atoms. The van der Waals surface area contributed by atoms with Gasteiger partial charge in [0.25, 0.3) is 0 Å². The number of nitrogens with zero attached hydrogens (tertiary/aromatic N) is 2. The molecule has 68 valence electrons. The Balaban J connectivity index is 2.77. The van der Waals surface area contributed by atoms with Crippen molar-refractivity contribution in [1.82, 2.24) is 4.98 Å². The van der Waals surface area contributed by atoms with Crippen molar-refractivity contribution in [2.24, 2.45) is 0 Å². The molecule has 4 heteroatoms. The predicted molar refractivity (Wildman–Crippen MR) is 55.3 cm³/mol. The van der Waals surface area contributed by atoms with Crippen molar-refractivity contribution in [1.29, 1.82) is 5.26 Å². The molecule has 0 spiro atoms. The van der Waals surface area contributed by atoms with Gasteiger partial charge >= 0.3 is 0 Å². The van der Waals surface area contributed by atoms with Crippen LogP contribution in [0.15, 0.2) is 22.8 Å². The molecule has 0 aromatic carbocycles. The van der Waals surface area contributed by atoms with Gasteiger partial charge in [0.05, 0.1) is 6.07 Å². The molecule has 0 saturated heterocycles. The molecule has 0 atom stereocenters. The number of hydrogen-bond donors (Lipinski definition) is 1. The molecule has 0 saturated carbocycles. The van der Waals surface area contributed by atoms with E-state index in [1.807, 2.05) is 12.1 Å². The maximum Gasteiger partial charge on any atom is 0.127 e. The molecule has 0 radical (unpaired) electrons. The first kappa shape index (κ1) is 10.0. The first-order valence-electron chi connectivity index (χ1n) is 3.84.